The van der Waals surface area contributed by atoms with Crippen molar-refractivity contribution in [2.45, 2.75) is 44.6 Å². The first-order valence-electron chi connectivity index (χ1n) is 8.21. The third-order valence-electron chi connectivity index (χ3n) is 4.24. The van der Waals surface area contributed by atoms with E-state index in [9.17, 15) is 13.2 Å². The second-order valence-corrected chi connectivity index (χ2v) is 8.60. The lowest BCUT2D eigenvalue weighted by Gasteiger charge is -2.33. The molecular weight excluding hydrogens is 312 g/mol. The van der Waals surface area contributed by atoms with E-state index in [0.717, 1.165) is 31.6 Å². The fourth-order valence-corrected chi connectivity index (χ4v) is 3.72. The number of carbonyl (C=O) groups is 1. The van der Waals surface area contributed by atoms with E-state index in [4.69, 9.17) is 0 Å². The minimum atomic E-state index is -3.15. The smallest absolute Gasteiger partial charge is 0.223 e. The summed E-state index contributed by atoms with van der Waals surface area (Å²) in [4.78, 5) is 14.6. The Bertz CT molecular complexity index is 630. The normalized spacial score (nSPS) is 16.6. The maximum Gasteiger partial charge on any atom is 0.223 e. The van der Waals surface area contributed by atoms with E-state index in [-0.39, 0.29) is 23.6 Å². The fourth-order valence-electron chi connectivity index (χ4n) is 2.83. The molecule has 1 N–H and O–H groups in total. The van der Waals surface area contributed by atoms with E-state index in [2.05, 4.69) is 10.2 Å². The van der Waals surface area contributed by atoms with Gasteiger partial charge in [-0.15, -0.1) is 0 Å². The monoisotopic (exact) mass is 338 g/mol. The van der Waals surface area contributed by atoms with Gasteiger partial charge in [0, 0.05) is 30.7 Å². The average molecular weight is 338 g/mol. The molecule has 0 radical (unpaired) electrons. The van der Waals surface area contributed by atoms with Gasteiger partial charge in [0.05, 0.1) is 10.6 Å². The molecule has 1 fully saturated rings. The summed E-state index contributed by atoms with van der Waals surface area (Å²) in [5.41, 5.74) is 1.02. The van der Waals surface area contributed by atoms with Crippen molar-refractivity contribution in [3.63, 3.8) is 0 Å². The number of hydrogen-bond acceptors (Lipinski definition) is 4. The molecule has 1 amide bonds. The van der Waals surface area contributed by atoms with E-state index >= 15 is 0 Å². The Hall–Kier alpha value is -1.56. The van der Waals surface area contributed by atoms with Crippen molar-refractivity contribution in [2.24, 2.45) is 5.92 Å². The number of anilines is 1. The first-order chi connectivity index (χ1) is 10.8. The van der Waals surface area contributed by atoms with Crippen molar-refractivity contribution in [1.29, 1.82) is 0 Å². The van der Waals surface area contributed by atoms with Crippen LogP contribution in [0.4, 0.5) is 5.69 Å². The number of sulfone groups is 1. The second-order valence-electron chi connectivity index (χ2n) is 6.32. The Kier molecular flexibility index (Phi) is 5.68. The molecule has 128 valence electrons. The third kappa shape index (κ3) is 4.47. The van der Waals surface area contributed by atoms with Crippen molar-refractivity contribution in [1.82, 2.24) is 5.32 Å². The Morgan fingerprint density at radius 2 is 1.78 bits per heavy atom. The standard InChI is InChI=1S/C17H26N2O3S/c1-4-23(21,22)16-7-5-15(6-8-16)19-11-9-14(10-12-19)17(20)18-13(2)3/h5-8,13-14H,4,9-12H2,1-3H3,(H,18,20). The summed E-state index contributed by atoms with van der Waals surface area (Å²) < 4.78 is 23.7. The van der Waals surface area contributed by atoms with Crippen LogP contribution in [0.2, 0.25) is 0 Å². The van der Waals surface area contributed by atoms with Gasteiger partial charge in [-0.05, 0) is 51.0 Å². The maximum atomic E-state index is 12.0. The molecule has 23 heavy (non-hydrogen) atoms. The highest BCUT2D eigenvalue weighted by Gasteiger charge is 2.25. The largest absolute Gasteiger partial charge is 0.371 e. The molecule has 0 unspecified atom stereocenters. The zero-order valence-corrected chi connectivity index (χ0v) is 14.9. The van der Waals surface area contributed by atoms with Crippen LogP contribution >= 0.6 is 0 Å². The molecule has 1 aliphatic rings. The van der Waals surface area contributed by atoms with Gasteiger partial charge in [-0.2, -0.15) is 0 Å². The van der Waals surface area contributed by atoms with Crippen LogP contribution in [0, 0.1) is 5.92 Å². The molecule has 1 heterocycles. The molecule has 0 saturated carbocycles. The summed E-state index contributed by atoms with van der Waals surface area (Å²) in [6.07, 6.45) is 1.65. The Labute approximate surface area is 139 Å². The quantitative estimate of drug-likeness (QED) is 0.894. The lowest BCUT2D eigenvalue weighted by molar-refractivity contribution is -0.126. The van der Waals surface area contributed by atoms with E-state index in [1.807, 2.05) is 26.0 Å². The molecule has 5 nitrogen and oxygen atoms in total. The minimum absolute atomic E-state index is 0.0772. The van der Waals surface area contributed by atoms with Gasteiger partial charge in [0.15, 0.2) is 9.84 Å². The third-order valence-corrected chi connectivity index (χ3v) is 5.99. The molecule has 1 saturated heterocycles. The number of piperidine rings is 1. The summed E-state index contributed by atoms with van der Waals surface area (Å²) in [5.74, 6) is 0.334. The first kappa shape index (κ1) is 17.8. The van der Waals surface area contributed by atoms with Gasteiger partial charge >= 0.3 is 0 Å². The van der Waals surface area contributed by atoms with Crippen molar-refractivity contribution < 1.29 is 13.2 Å². The number of rotatable bonds is 5. The van der Waals surface area contributed by atoms with Crippen LogP contribution in [0.1, 0.15) is 33.6 Å². The molecule has 0 atom stereocenters. The molecule has 0 bridgehead atoms. The van der Waals surface area contributed by atoms with Crippen LogP contribution < -0.4 is 10.2 Å². The van der Waals surface area contributed by atoms with Crippen LogP contribution in [0.3, 0.4) is 0 Å². The van der Waals surface area contributed by atoms with Gasteiger partial charge in [0.25, 0.3) is 0 Å². The van der Waals surface area contributed by atoms with E-state index in [1.54, 1.807) is 19.1 Å². The summed E-state index contributed by atoms with van der Waals surface area (Å²) in [6.45, 7) is 7.22. The van der Waals surface area contributed by atoms with E-state index in [1.165, 1.54) is 0 Å². The van der Waals surface area contributed by atoms with E-state index in [0.29, 0.717) is 4.90 Å². The topological polar surface area (TPSA) is 66.5 Å². The molecule has 6 heteroatoms. The second kappa shape index (κ2) is 7.34. The Morgan fingerprint density at radius 3 is 2.26 bits per heavy atom. The van der Waals surface area contributed by atoms with Gasteiger partial charge < -0.3 is 10.2 Å². The molecular formula is C17H26N2O3S. The molecule has 1 aliphatic heterocycles. The van der Waals surface area contributed by atoms with Gasteiger partial charge in [-0.3, -0.25) is 4.79 Å². The molecule has 0 aromatic heterocycles. The maximum absolute atomic E-state index is 12.0. The molecule has 0 spiro atoms. The summed E-state index contributed by atoms with van der Waals surface area (Å²) >= 11 is 0. The van der Waals surface area contributed by atoms with Crippen molar-refractivity contribution in [2.75, 3.05) is 23.7 Å². The van der Waals surface area contributed by atoms with Gasteiger partial charge in [-0.1, -0.05) is 6.92 Å². The van der Waals surface area contributed by atoms with Gasteiger partial charge in [0.2, 0.25) is 5.91 Å². The average Bonchev–Trinajstić information content (AvgIpc) is 2.54. The number of nitrogens with zero attached hydrogens (tertiary/aromatic N) is 1. The number of carbonyl (C=O) groups excluding carboxylic acids is 1. The zero-order valence-electron chi connectivity index (χ0n) is 14.1. The summed E-state index contributed by atoms with van der Waals surface area (Å²) in [7, 11) is -3.15. The number of hydrogen-bond donors (Lipinski definition) is 1. The van der Waals surface area contributed by atoms with Crippen molar-refractivity contribution in [3.8, 4) is 0 Å². The minimum Gasteiger partial charge on any atom is -0.371 e. The summed E-state index contributed by atoms with van der Waals surface area (Å²) in [6, 6.07) is 7.24. The Morgan fingerprint density at radius 1 is 1.22 bits per heavy atom. The number of benzene rings is 1. The highest BCUT2D eigenvalue weighted by atomic mass is 32.2. The predicted octanol–water partition coefficient (Wildman–Crippen LogP) is 2.22. The Balaban J connectivity index is 1.97. The number of amides is 1. The lowest BCUT2D eigenvalue weighted by Crippen LogP contribution is -2.42. The highest BCUT2D eigenvalue weighted by molar-refractivity contribution is 7.91. The molecule has 1 aromatic rings. The predicted molar refractivity (Wildman–Crippen MR) is 92.4 cm³/mol. The lowest BCUT2D eigenvalue weighted by atomic mass is 9.95. The van der Waals surface area contributed by atoms with Crippen LogP contribution in [-0.4, -0.2) is 39.2 Å². The van der Waals surface area contributed by atoms with Gasteiger partial charge in [0.1, 0.15) is 0 Å². The van der Waals surface area contributed by atoms with Crippen LogP contribution in [0.15, 0.2) is 29.2 Å². The van der Waals surface area contributed by atoms with Crippen LogP contribution in [0.25, 0.3) is 0 Å². The number of nitrogens with one attached hydrogen (secondary N) is 1. The summed E-state index contributed by atoms with van der Waals surface area (Å²) in [5, 5.41) is 2.97. The molecule has 1 aromatic carbocycles. The zero-order chi connectivity index (χ0) is 17.0. The van der Waals surface area contributed by atoms with E-state index < -0.39 is 9.84 Å². The SMILES string of the molecule is CCS(=O)(=O)c1ccc(N2CCC(C(=O)NC(C)C)CC2)cc1. The molecule has 0 aliphatic carbocycles. The van der Waals surface area contributed by atoms with Crippen molar-refractivity contribution in [3.05, 3.63) is 24.3 Å². The first-order valence-corrected chi connectivity index (χ1v) is 9.87. The van der Waals surface area contributed by atoms with Crippen molar-refractivity contribution >= 4 is 21.4 Å². The van der Waals surface area contributed by atoms with Gasteiger partial charge in [-0.25, -0.2) is 8.42 Å². The van der Waals surface area contributed by atoms with Crippen LogP contribution in [0.5, 0.6) is 0 Å². The molecule has 2 rings (SSSR count). The highest BCUT2D eigenvalue weighted by Crippen LogP contribution is 2.25. The fraction of sp³-hybridized carbons (Fsp3) is 0.588. The van der Waals surface area contributed by atoms with Crippen LogP contribution in [-0.2, 0) is 14.6 Å².